The molecule has 6 nitrogen and oxygen atoms in total. The molecule has 0 unspecified atom stereocenters. The quantitative estimate of drug-likeness (QED) is 0.607. The molecule has 1 rings (SSSR count). The Kier molecular flexibility index (Phi) is 3.59. The number of carbonyl (C=O) groups is 1. The van der Waals surface area contributed by atoms with Crippen LogP contribution in [-0.4, -0.2) is 22.9 Å². The van der Waals surface area contributed by atoms with Crippen molar-refractivity contribution in [1.82, 2.24) is 4.98 Å². The lowest BCUT2D eigenvalue weighted by atomic mass is 10.4. The molecular weight excluding hydrogens is 242 g/mol. The third-order valence-electron chi connectivity index (χ3n) is 1.69. The highest BCUT2D eigenvalue weighted by atomic mass is 35.5. The van der Waals surface area contributed by atoms with E-state index >= 15 is 0 Å². The second kappa shape index (κ2) is 4.54. The van der Waals surface area contributed by atoms with Crippen LogP contribution < -0.4 is 4.90 Å². The van der Waals surface area contributed by atoms with Crippen molar-refractivity contribution >= 4 is 39.0 Å². The Morgan fingerprint density at radius 1 is 1.73 bits per heavy atom. The van der Waals surface area contributed by atoms with Crippen LogP contribution in [-0.2, 0) is 4.79 Å². The zero-order valence-corrected chi connectivity index (χ0v) is 9.63. The van der Waals surface area contributed by atoms with Crippen molar-refractivity contribution in [2.45, 2.75) is 13.3 Å². The molecular formula is C7H8ClN3O3S. The van der Waals surface area contributed by atoms with Gasteiger partial charge in [0.25, 0.3) is 0 Å². The van der Waals surface area contributed by atoms with Gasteiger partial charge in [-0.3, -0.25) is 19.8 Å². The van der Waals surface area contributed by atoms with Crippen LogP contribution >= 0.6 is 22.9 Å². The van der Waals surface area contributed by atoms with Crippen LogP contribution in [0.1, 0.15) is 13.3 Å². The van der Waals surface area contributed by atoms with Crippen molar-refractivity contribution in [2.75, 3.05) is 11.9 Å². The van der Waals surface area contributed by atoms with E-state index in [1.165, 1.54) is 11.9 Å². The first kappa shape index (κ1) is 11.9. The molecule has 0 atom stereocenters. The molecule has 0 aliphatic heterocycles. The lowest BCUT2D eigenvalue weighted by molar-refractivity contribution is -0.380. The molecule has 1 amide bonds. The number of hydrogen-bond donors (Lipinski definition) is 0. The number of anilines is 1. The van der Waals surface area contributed by atoms with E-state index in [4.69, 9.17) is 11.6 Å². The third-order valence-corrected chi connectivity index (χ3v) is 3.15. The fourth-order valence-corrected chi connectivity index (χ4v) is 1.95. The molecule has 0 bridgehead atoms. The van der Waals surface area contributed by atoms with Gasteiger partial charge in [-0.25, -0.2) is 4.98 Å². The summed E-state index contributed by atoms with van der Waals surface area (Å²) < 4.78 is 0. The Morgan fingerprint density at radius 2 is 2.33 bits per heavy atom. The van der Waals surface area contributed by atoms with Gasteiger partial charge in [-0.2, -0.15) is 0 Å². The van der Waals surface area contributed by atoms with E-state index in [0.717, 1.165) is 11.3 Å². The summed E-state index contributed by atoms with van der Waals surface area (Å²) in [5.41, 5.74) is 0. The maximum absolute atomic E-state index is 11.3. The molecule has 0 radical (unpaired) electrons. The van der Waals surface area contributed by atoms with Gasteiger partial charge in [0.05, 0.1) is 4.92 Å². The van der Waals surface area contributed by atoms with Gasteiger partial charge in [0.2, 0.25) is 11.1 Å². The third kappa shape index (κ3) is 2.42. The molecule has 1 aromatic heterocycles. The zero-order valence-electron chi connectivity index (χ0n) is 8.06. The van der Waals surface area contributed by atoms with Crippen molar-refractivity contribution in [3.05, 3.63) is 15.3 Å². The minimum absolute atomic E-state index is 0.171. The van der Waals surface area contributed by atoms with Crippen molar-refractivity contribution in [3.8, 4) is 0 Å². The molecule has 0 saturated carbocycles. The number of nitro groups is 1. The lowest BCUT2D eigenvalue weighted by Gasteiger charge is -2.10. The van der Waals surface area contributed by atoms with Crippen LogP contribution in [0, 0.1) is 10.1 Å². The molecule has 0 saturated heterocycles. The summed E-state index contributed by atoms with van der Waals surface area (Å²) in [5.74, 6) is -0.171. The fourth-order valence-electron chi connectivity index (χ4n) is 0.883. The molecule has 0 N–H and O–H groups in total. The van der Waals surface area contributed by atoms with E-state index in [9.17, 15) is 14.9 Å². The summed E-state index contributed by atoms with van der Waals surface area (Å²) in [7, 11) is 1.50. The van der Waals surface area contributed by atoms with E-state index in [1.54, 1.807) is 6.92 Å². The molecule has 0 aromatic carbocycles. The van der Waals surface area contributed by atoms with Gasteiger partial charge < -0.3 is 0 Å². The maximum Gasteiger partial charge on any atom is 0.364 e. The minimum Gasteiger partial charge on any atom is -0.291 e. The predicted octanol–water partition coefficient (Wildman–Crippen LogP) is 2.08. The second-order valence-corrected chi connectivity index (χ2v) is 3.97. The van der Waals surface area contributed by atoms with Gasteiger partial charge in [0.15, 0.2) is 5.13 Å². The Morgan fingerprint density at radius 3 is 2.73 bits per heavy atom. The fraction of sp³-hybridized carbons (Fsp3) is 0.429. The Bertz CT molecular complexity index is 406. The van der Waals surface area contributed by atoms with E-state index in [-0.39, 0.29) is 21.2 Å². The summed E-state index contributed by atoms with van der Waals surface area (Å²) in [6.07, 6.45) is 0.307. The monoisotopic (exact) mass is 249 g/mol. The van der Waals surface area contributed by atoms with Crippen molar-refractivity contribution < 1.29 is 9.72 Å². The van der Waals surface area contributed by atoms with E-state index in [2.05, 4.69) is 4.98 Å². The van der Waals surface area contributed by atoms with Crippen LogP contribution in [0.15, 0.2) is 0 Å². The summed E-state index contributed by atoms with van der Waals surface area (Å²) in [5, 5.41) is 10.3. The maximum atomic E-state index is 11.3. The highest BCUT2D eigenvalue weighted by molar-refractivity contribution is 7.19. The van der Waals surface area contributed by atoms with Crippen molar-refractivity contribution in [2.24, 2.45) is 0 Å². The van der Waals surface area contributed by atoms with Crippen LogP contribution in [0.25, 0.3) is 0 Å². The van der Waals surface area contributed by atoms with Gasteiger partial charge >= 0.3 is 5.00 Å². The molecule has 0 aliphatic rings. The number of halogens is 1. The summed E-state index contributed by atoms with van der Waals surface area (Å²) >= 11 is 6.33. The van der Waals surface area contributed by atoms with E-state index in [1.807, 2.05) is 0 Å². The molecule has 0 fully saturated rings. The van der Waals surface area contributed by atoms with Gasteiger partial charge in [-0.1, -0.05) is 18.5 Å². The van der Waals surface area contributed by atoms with Gasteiger partial charge in [-0.15, -0.1) is 0 Å². The first-order chi connectivity index (χ1) is 6.97. The SMILES string of the molecule is CCC(=O)N(C)c1nc(Cl)c([N+](=O)[O-])s1. The van der Waals surface area contributed by atoms with Crippen molar-refractivity contribution in [1.29, 1.82) is 0 Å². The van der Waals surface area contributed by atoms with Crippen LogP contribution in [0.2, 0.25) is 5.15 Å². The Balaban J connectivity index is 3.02. The molecule has 1 heterocycles. The number of nitrogens with zero attached hydrogens (tertiary/aromatic N) is 3. The average molecular weight is 250 g/mol. The minimum atomic E-state index is -0.617. The molecule has 1 aromatic rings. The number of amides is 1. The molecule has 0 spiro atoms. The standard InChI is InChI=1S/C7H8ClN3O3S/c1-3-4(12)10(2)7-9-5(8)6(15-7)11(13)14/h3H2,1-2H3. The van der Waals surface area contributed by atoms with Gasteiger partial charge in [0, 0.05) is 13.5 Å². The highest BCUT2D eigenvalue weighted by Gasteiger charge is 2.23. The predicted molar refractivity (Wildman–Crippen MR) is 57.5 cm³/mol. The van der Waals surface area contributed by atoms with E-state index < -0.39 is 4.92 Å². The normalized spacial score (nSPS) is 10.1. The molecule has 8 heteroatoms. The lowest BCUT2D eigenvalue weighted by Crippen LogP contribution is -2.24. The zero-order chi connectivity index (χ0) is 11.6. The molecule has 82 valence electrons. The van der Waals surface area contributed by atoms with Crippen LogP contribution in [0.4, 0.5) is 10.1 Å². The Labute approximate surface area is 94.6 Å². The van der Waals surface area contributed by atoms with Gasteiger partial charge in [0.1, 0.15) is 0 Å². The first-order valence-corrected chi connectivity index (χ1v) is 5.24. The summed E-state index contributed by atoms with van der Waals surface area (Å²) in [6.45, 7) is 1.70. The molecule has 15 heavy (non-hydrogen) atoms. The first-order valence-electron chi connectivity index (χ1n) is 4.04. The highest BCUT2D eigenvalue weighted by Crippen LogP contribution is 2.35. The number of rotatable bonds is 3. The topological polar surface area (TPSA) is 76.3 Å². The van der Waals surface area contributed by atoms with Crippen LogP contribution in [0.5, 0.6) is 0 Å². The van der Waals surface area contributed by atoms with Gasteiger partial charge in [-0.05, 0) is 11.3 Å². The number of carbonyl (C=O) groups excluding carboxylic acids is 1. The smallest absolute Gasteiger partial charge is 0.291 e. The number of aromatic nitrogens is 1. The molecule has 0 aliphatic carbocycles. The Hall–Kier alpha value is -1.21. The van der Waals surface area contributed by atoms with Crippen LogP contribution in [0.3, 0.4) is 0 Å². The number of thiazole rings is 1. The second-order valence-electron chi connectivity index (χ2n) is 2.66. The summed E-state index contributed by atoms with van der Waals surface area (Å²) in [6, 6.07) is 0. The largest absolute Gasteiger partial charge is 0.364 e. The van der Waals surface area contributed by atoms with Crippen molar-refractivity contribution in [3.63, 3.8) is 0 Å². The number of hydrogen-bond acceptors (Lipinski definition) is 5. The average Bonchev–Trinajstić information content (AvgIpc) is 2.58. The summed E-state index contributed by atoms with van der Waals surface area (Å²) in [4.78, 5) is 26.2. The van der Waals surface area contributed by atoms with E-state index in [0.29, 0.717) is 6.42 Å².